The molecule has 0 radical (unpaired) electrons. The third-order valence-corrected chi connectivity index (χ3v) is 4.96. The number of aromatic nitrogens is 5. The van der Waals surface area contributed by atoms with E-state index in [4.69, 9.17) is 0 Å². The van der Waals surface area contributed by atoms with Crippen LogP contribution >= 0.6 is 11.3 Å². The van der Waals surface area contributed by atoms with Gasteiger partial charge in [0.2, 0.25) is 11.5 Å². The van der Waals surface area contributed by atoms with E-state index in [2.05, 4.69) is 15.1 Å². The van der Waals surface area contributed by atoms with Crippen LogP contribution < -0.4 is 4.68 Å². The van der Waals surface area contributed by atoms with Gasteiger partial charge in [-0.05, 0) is 31.7 Å². The van der Waals surface area contributed by atoms with Gasteiger partial charge in [0.25, 0.3) is 0 Å². The Hall–Kier alpha value is -1.82. The fourth-order valence-corrected chi connectivity index (χ4v) is 4.29. The fourth-order valence-electron chi connectivity index (χ4n) is 2.99. The number of hydrogen-bond acceptors (Lipinski definition) is 4. The van der Waals surface area contributed by atoms with E-state index < -0.39 is 0 Å². The van der Waals surface area contributed by atoms with Gasteiger partial charge in [0.05, 0.1) is 5.39 Å². The molecule has 0 unspecified atom stereocenters. The number of hydrogen-bond donors (Lipinski definition) is 0. The summed E-state index contributed by atoms with van der Waals surface area (Å²) in [5.74, 6) is 1.73. The van der Waals surface area contributed by atoms with E-state index in [1.54, 1.807) is 0 Å². The van der Waals surface area contributed by atoms with Crippen molar-refractivity contribution in [2.45, 2.75) is 33.1 Å². The summed E-state index contributed by atoms with van der Waals surface area (Å²) >= 11 is 1.82. The SMILES string of the molecule is Cc1c[n+](C)n(-c2nc(C)nc3sc4c(c23)CCC4)n1. The highest BCUT2D eigenvalue weighted by Gasteiger charge is 2.26. The first-order valence-corrected chi connectivity index (χ1v) is 7.67. The predicted octanol–water partition coefficient (Wildman–Crippen LogP) is 1.81. The second-order valence-corrected chi connectivity index (χ2v) is 6.45. The van der Waals surface area contributed by atoms with Gasteiger partial charge in [-0.3, -0.25) is 0 Å². The minimum Gasteiger partial charge on any atom is -0.222 e. The van der Waals surface area contributed by atoms with Crippen LogP contribution in [0.25, 0.3) is 16.0 Å². The Balaban J connectivity index is 2.10. The molecular weight excluding hydrogens is 270 g/mol. The van der Waals surface area contributed by atoms with E-state index >= 15 is 0 Å². The largest absolute Gasteiger partial charge is 0.229 e. The molecule has 0 saturated carbocycles. The van der Waals surface area contributed by atoms with Gasteiger partial charge in [0.15, 0.2) is 6.20 Å². The summed E-state index contributed by atoms with van der Waals surface area (Å²) in [4.78, 5) is 13.8. The predicted molar refractivity (Wildman–Crippen MR) is 77.2 cm³/mol. The van der Waals surface area contributed by atoms with Gasteiger partial charge >= 0.3 is 0 Å². The molecule has 5 nitrogen and oxygen atoms in total. The maximum absolute atomic E-state index is 4.67. The van der Waals surface area contributed by atoms with Gasteiger partial charge in [-0.25, -0.2) is 9.97 Å². The third kappa shape index (κ3) is 1.61. The monoisotopic (exact) mass is 286 g/mol. The van der Waals surface area contributed by atoms with Crippen molar-refractivity contribution in [2.75, 3.05) is 0 Å². The smallest absolute Gasteiger partial charge is 0.222 e. The highest BCUT2D eigenvalue weighted by Crippen LogP contribution is 2.38. The molecule has 0 spiro atoms. The molecule has 3 aromatic rings. The Morgan fingerprint density at radius 2 is 2.10 bits per heavy atom. The van der Waals surface area contributed by atoms with Crippen molar-refractivity contribution in [2.24, 2.45) is 7.05 Å². The maximum atomic E-state index is 4.67. The van der Waals surface area contributed by atoms with Gasteiger partial charge in [0, 0.05) is 21.7 Å². The zero-order chi connectivity index (χ0) is 13.9. The van der Waals surface area contributed by atoms with Gasteiger partial charge in [-0.2, -0.15) is 4.68 Å². The zero-order valence-corrected chi connectivity index (χ0v) is 12.7. The van der Waals surface area contributed by atoms with Crippen molar-refractivity contribution in [1.82, 2.24) is 19.9 Å². The van der Waals surface area contributed by atoms with Crippen LogP contribution in [0.5, 0.6) is 0 Å². The van der Waals surface area contributed by atoms with E-state index in [0.29, 0.717) is 0 Å². The van der Waals surface area contributed by atoms with Crippen LogP contribution in [0.1, 0.15) is 28.4 Å². The summed E-state index contributed by atoms with van der Waals surface area (Å²) in [6, 6.07) is 0. The molecule has 0 amide bonds. The van der Waals surface area contributed by atoms with Crippen LogP contribution in [0.4, 0.5) is 0 Å². The Labute approximate surface area is 120 Å². The lowest BCUT2D eigenvalue weighted by Gasteiger charge is -2.02. The molecule has 0 bridgehead atoms. The van der Waals surface area contributed by atoms with Crippen LogP contribution in [-0.4, -0.2) is 19.9 Å². The Morgan fingerprint density at radius 1 is 1.25 bits per heavy atom. The van der Waals surface area contributed by atoms with Crippen molar-refractivity contribution in [3.63, 3.8) is 0 Å². The fraction of sp³-hybridized carbons (Fsp3) is 0.429. The molecule has 0 aliphatic heterocycles. The standard InChI is InChI=1S/C14H16N5S/c1-8-7-18(3)19(17-8)13-12-10-5-4-6-11(10)20-14(12)16-9(2)15-13/h7H,4-6H2,1-3H3/q+1. The van der Waals surface area contributed by atoms with Crippen molar-refractivity contribution >= 4 is 21.6 Å². The second-order valence-electron chi connectivity index (χ2n) is 5.37. The molecule has 4 rings (SSSR count). The lowest BCUT2D eigenvalue weighted by atomic mass is 10.2. The molecule has 102 valence electrons. The molecule has 0 aromatic carbocycles. The van der Waals surface area contributed by atoms with Crippen LogP contribution in [-0.2, 0) is 19.9 Å². The van der Waals surface area contributed by atoms with E-state index in [9.17, 15) is 0 Å². The van der Waals surface area contributed by atoms with Crippen molar-refractivity contribution in [1.29, 1.82) is 0 Å². The molecule has 0 atom stereocenters. The Bertz CT molecular complexity index is 830. The minimum atomic E-state index is 0.806. The first-order valence-electron chi connectivity index (χ1n) is 6.85. The molecule has 0 fully saturated rings. The van der Waals surface area contributed by atoms with Gasteiger partial charge in [-0.15, -0.1) is 11.3 Å². The maximum Gasteiger partial charge on any atom is 0.229 e. The summed E-state index contributed by atoms with van der Waals surface area (Å²) in [6.45, 7) is 3.95. The van der Waals surface area contributed by atoms with E-state index in [0.717, 1.165) is 28.6 Å². The Morgan fingerprint density at radius 3 is 2.85 bits per heavy atom. The summed E-state index contributed by atoms with van der Waals surface area (Å²) in [5.41, 5.74) is 2.43. The average molecular weight is 286 g/mol. The van der Waals surface area contributed by atoms with Gasteiger partial charge < -0.3 is 0 Å². The molecule has 1 aliphatic rings. The van der Waals surface area contributed by atoms with E-state index in [-0.39, 0.29) is 0 Å². The summed E-state index contributed by atoms with van der Waals surface area (Å²) in [5, 5.41) is 5.77. The lowest BCUT2D eigenvalue weighted by Crippen LogP contribution is -2.38. The lowest BCUT2D eigenvalue weighted by molar-refractivity contribution is -0.748. The topological polar surface area (TPSA) is 47.5 Å². The average Bonchev–Trinajstić information content (AvgIpc) is 3.02. The minimum absolute atomic E-state index is 0.806. The molecule has 1 aliphatic carbocycles. The zero-order valence-electron chi connectivity index (χ0n) is 11.8. The van der Waals surface area contributed by atoms with Crippen molar-refractivity contribution < 1.29 is 4.68 Å². The molecule has 6 heteroatoms. The van der Waals surface area contributed by atoms with Crippen LogP contribution in [0.3, 0.4) is 0 Å². The first-order chi connectivity index (χ1) is 9.63. The van der Waals surface area contributed by atoms with E-state index in [1.165, 1.54) is 28.7 Å². The molecule has 0 saturated heterocycles. The highest BCUT2D eigenvalue weighted by molar-refractivity contribution is 7.19. The molecule has 0 N–H and O–H groups in total. The van der Waals surface area contributed by atoms with Gasteiger partial charge in [0.1, 0.15) is 17.7 Å². The van der Waals surface area contributed by atoms with Crippen LogP contribution in [0.2, 0.25) is 0 Å². The second kappa shape index (κ2) is 4.09. The number of thiophene rings is 1. The number of rotatable bonds is 1. The van der Waals surface area contributed by atoms with Crippen LogP contribution in [0.15, 0.2) is 6.20 Å². The normalized spacial score (nSPS) is 14.2. The van der Waals surface area contributed by atoms with Crippen LogP contribution in [0, 0.1) is 13.8 Å². The van der Waals surface area contributed by atoms with Crippen molar-refractivity contribution in [3.05, 3.63) is 28.2 Å². The summed E-state index contributed by atoms with van der Waals surface area (Å²) in [6.07, 6.45) is 5.57. The molecule has 3 heterocycles. The summed E-state index contributed by atoms with van der Waals surface area (Å²) < 4.78 is 1.98. The number of nitrogens with zero attached hydrogens (tertiary/aromatic N) is 5. The number of aryl methyl sites for hydroxylation is 5. The van der Waals surface area contributed by atoms with Gasteiger partial charge in [-0.1, -0.05) is 0 Å². The highest BCUT2D eigenvalue weighted by atomic mass is 32.1. The summed E-state index contributed by atoms with van der Waals surface area (Å²) in [7, 11) is 2.00. The molecular formula is C14H16N5S+. The van der Waals surface area contributed by atoms with Crippen molar-refractivity contribution in [3.8, 4) is 5.82 Å². The number of fused-ring (bicyclic) bond motifs is 3. The molecule has 3 aromatic heterocycles. The van der Waals surface area contributed by atoms with E-state index in [1.807, 2.05) is 47.9 Å². The Kier molecular flexibility index (Phi) is 2.44. The molecule has 20 heavy (non-hydrogen) atoms. The first kappa shape index (κ1) is 12.0. The quantitative estimate of drug-likeness (QED) is 0.641. The third-order valence-electron chi connectivity index (χ3n) is 3.77.